The standard InChI is InChI=1S/C12H25N3/c1-10(2)14-5-7-15(8-6-14)12-4-3-11(12)9-13/h10-12H,3-9,13H2,1-2H3. The van der Waals surface area contributed by atoms with Crippen molar-refractivity contribution in [3.8, 4) is 0 Å². The zero-order valence-corrected chi connectivity index (χ0v) is 10.2. The van der Waals surface area contributed by atoms with Gasteiger partial charge in [0.15, 0.2) is 0 Å². The van der Waals surface area contributed by atoms with Crippen molar-refractivity contribution < 1.29 is 0 Å². The fraction of sp³-hybridized carbons (Fsp3) is 1.00. The summed E-state index contributed by atoms with van der Waals surface area (Å²) in [5, 5.41) is 0. The predicted molar refractivity (Wildman–Crippen MR) is 63.8 cm³/mol. The van der Waals surface area contributed by atoms with Crippen molar-refractivity contribution >= 4 is 0 Å². The van der Waals surface area contributed by atoms with Gasteiger partial charge in [0.25, 0.3) is 0 Å². The van der Waals surface area contributed by atoms with Crippen molar-refractivity contribution in [2.45, 2.75) is 38.8 Å². The number of nitrogens with two attached hydrogens (primary N) is 1. The molecule has 1 aliphatic heterocycles. The van der Waals surface area contributed by atoms with Crippen LogP contribution in [0.5, 0.6) is 0 Å². The number of piperazine rings is 1. The lowest BCUT2D eigenvalue weighted by Gasteiger charge is -2.48. The van der Waals surface area contributed by atoms with E-state index in [1.807, 2.05) is 0 Å². The van der Waals surface area contributed by atoms with Crippen molar-refractivity contribution in [2.24, 2.45) is 11.7 Å². The smallest absolute Gasteiger partial charge is 0.0137 e. The van der Waals surface area contributed by atoms with Crippen LogP contribution in [0.1, 0.15) is 26.7 Å². The summed E-state index contributed by atoms with van der Waals surface area (Å²) >= 11 is 0. The third kappa shape index (κ3) is 2.35. The molecule has 0 bridgehead atoms. The third-order valence-electron chi connectivity index (χ3n) is 4.23. The van der Waals surface area contributed by atoms with Gasteiger partial charge in [0.05, 0.1) is 0 Å². The lowest BCUT2D eigenvalue weighted by molar-refractivity contribution is 0.0161. The van der Waals surface area contributed by atoms with Gasteiger partial charge in [-0.1, -0.05) is 0 Å². The minimum Gasteiger partial charge on any atom is -0.330 e. The Hall–Kier alpha value is -0.120. The van der Waals surface area contributed by atoms with Gasteiger partial charge in [-0.25, -0.2) is 0 Å². The van der Waals surface area contributed by atoms with E-state index in [1.54, 1.807) is 0 Å². The molecule has 0 aromatic heterocycles. The van der Waals surface area contributed by atoms with Crippen molar-refractivity contribution in [2.75, 3.05) is 32.7 Å². The predicted octanol–water partition coefficient (Wildman–Crippen LogP) is 0.750. The molecule has 1 saturated heterocycles. The summed E-state index contributed by atoms with van der Waals surface area (Å²) in [6.45, 7) is 10.5. The van der Waals surface area contributed by atoms with E-state index in [4.69, 9.17) is 5.73 Å². The Morgan fingerprint density at radius 1 is 1.13 bits per heavy atom. The molecule has 0 aromatic carbocycles. The average Bonchev–Trinajstić information content (AvgIpc) is 2.17. The third-order valence-corrected chi connectivity index (χ3v) is 4.23. The van der Waals surface area contributed by atoms with E-state index in [1.165, 1.54) is 39.0 Å². The summed E-state index contributed by atoms with van der Waals surface area (Å²) < 4.78 is 0. The Morgan fingerprint density at radius 2 is 1.80 bits per heavy atom. The van der Waals surface area contributed by atoms with Gasteiger partial charge in [-0.05, 0) is 39.2 Å². The van der Waals surface area contributed by atoms with Gasteiger partial charge in [-0.2, -0.15) is 0 Å². The number of rotatable bonds is 3. The summed E-state index contributed by atoms with van der Waals surface area (Å²) in [5.41, 5.74) is 5.77. The lowest BCUT2D eigenvalue weighted by Crippen LogP contribution is -2.57. The summed E-state index contributed by atoms with van der Waals surface area (Å²) in [5.74, 6) is 0.788. The van der Waals surface area contributed by atoms with Crippen LogP contribution in [0.25, 0.3) is 0 Å². The summed E-state index contributed by atoms with van der Waals surface area (Å²) in [7, 11) is 0. The molecule has 1 heterocycles. The normalized spacial score (nSPS) is 34.4. The highest BCUT2D eigenvalue weighted by molar-refractivity contribution is 4.91. The molecule has 2 aliphatic rings. The summed E-state index contributed by atoms with van der Waals surface area (Å²) in [6, 6.07) is 1.52. The SMILES string of the molecule is CC(C)N1CCN(C2CCC2CN)CC1. The molecule has 1 aliphatic carbocycles. The summed E-state index contributed by atoms with van der Waals surface area (Å²) in [4.78, 5) is 5.24. The Labute approximate surface area is 93.6 Å². The van der Waals surface area contributed by atoms with Crippen molar-refractivity contribution in [1.29, 1.82) is 0 Å². The van der Waals surface area contributed by atoms with Crippen LogP contribution in [0.2, 0.25) is 0 Å². The molecule has 15 heavy (non-hydrogen) atoms. The Kier molecular flexibility index (Phi) is 3.65. The quantitative estimate of drug-likeness (QED) is 0.748. The van der Waals surface area contributed by atoms with Crippen LogP contribution in [0.15, 0.2) is 0 Å². The van der Waals surface area contributed by atoms with E-state index in [9.17, 15) is 0 Å². The second-order valence-electron chi connectivity index (χ2n) is 5.31. The highest BCUT2D eigenvalue weighted by Crippen LogP contribution is 2.31. The molecule has 0 radical (unpaired) electrons. The van der Waals surface area contributed by atoms with Crippen LogP contribution >= 0.6 is 0 Å². The molecule has 1 saturated carbocycles. The molecule has 2 fully saturated rings. The first-order valence-electron chi connectivity index (χ1n) is 6.40. The van der Waals surface area contributed by atoms with Gasteiger partial charge in [0.1, 0.15) is 0 Å². The van der Waals surface area contributed by atoms with E-state index in [-0.39, 0.29) is 0 Å². The number of hydrogen-bond donors (Lipinski definition) is 1. The molecular formula is C12H25N3. The number of hydrogen-bond acceptors (Lipinski definition) is 3. The maximum Gasteiger partial charge on any atom is 0.0137 e. The van der Waals surface area contributed by atoms with Crippen molar-refractivity contribution in [1.82, 2.24) is 9.80 Å². The highest BCUT2D eigenvalue weighted by atomic mass is 15.3. The summed E-state index contributed by atoms with van der Waals surface area (Å²) in [6.07, 6.45) is 2.73. The molecule has 0 amide bonds. The Balaban J connectivity index is 1.78. The monoisotopic (exact) mass is 211 g/mol. The van der Waals surface area contributed by atoms with Crippen molar-refractivity contribution in [3.63, 3.8) is 0 Å². The first-order chi connectivity index (χ1) is 7.22. The largest absolute Gasteiger partial charge is 0.330 e. The van der Waals surface area contributed by atoms with Gasteiger partial charge in [-0.15, -0.1) is 0 Å². The Bertz CT molecular complexity index is 195. The molecule has 2 atom stereocenters. The lowest BCUT2D eigenvalue weighted by atomic mass is 9.78. The molecule has 0 spiro atoms. The zero-order chi connectivity index (χ0) is 10.8. The highest BCUT2D eigenvalue weighted by Gasteiger charge is 2.35. The maximum atomic E-state index is 5.77. The minimum absolute atomic E-state index is 0.707. The zero-order valence-electron chi connectivity index (χ0n) is 10.2. The molecule has 3 nitrogen and oxygen atoms in total. The van der Waals surface area contributed by atoms with Crippen LogP contribution in [0, 0.1) is 5.92 Å². The average molecular weight is 211 g/mol. The van der Waals surface area contributed by atoms with Gasteiger partial charge < -0.3 is 5.73 Å². The molecular weight excluding hydrogens is 186 g/mol. The van der Waals surface area contributed by atoms with E-state index < -0.39 is 0 Å². The van der Waals surface area contributed by atoms with Gasteiger partial charge >= 0.3 is 0 Å². The fourth-order valence-electron chi connectivity index (χ4n) is 2.89. The first-order valence-corrected chi connectivity index (χ1v) is 6.40. The van der Waals surface area contributed by atoms with E-state index >= 15 is 0 Å². The molecule has 2 unspecified atom stereocenters. The maximum absolute atomic E-state index is 5.77. The molecule has 88 valence electrons. The second kappa shape index (κ2) is 4.81. The molecule has 2 N–H and O–H groups in total. The minimum atomic E-state index is 0.707. The van der Waals surface area contributed by atoms with Crippen LogP contribution in [-0.2, 0) is 0 Å². The van der Waals surface area contributed by atoms with Crippen LogP contribution in [0.3, 0.4) is 0 Å². The fourth-order valence-corrected chi connectivity index (χ4v) is 2.89. The van der Waals surface area contributed by atoms with Gasteiger partial charge in [0.2, 0.25) is 0 Å². The first kappa shape index (κ1) is 11.4. The molecule has 0 aromatic rings. The van der Waals surface area contributed by atoms with Gasteiger partial charge in [-0.3, -0.25) is 9.80 Å². The van der Waals surface area contributed by atoms with Crippen LogP contribution in [-0.4, -0.2) is 54.6 Å². The van der Waals surface area contributed by atoms with Crippen LogP contribution in [0.4, 0.5) is 0 Å². The van der Waals surface area contributed by atoms with E-state index in [0.717, 1.165) is 18.5 Å². The molecule has 2 rings (SSSR count). The van der Waals surface area contributed by atoms with E-state index in [2.05, 4.69) is 23.6 Å². The Morgan fingerprint density at radius 3 is 2.20 bits per heavy atom. The number of nitrogens with zero attached hydrogens (tertiary/aromatic N) is 2. The van der Waals surface area contributed by atoms with Crippen molar-refractivity contribution in [3.05, 3.63) is 0 Å². The van der Waals surface area contributed by atoms with Gasteiger partial charge in [0, 0.05) is 38.3 Å². The topological polar surface area (TPSA) is 32.5 Å². The van der Waals surface area contributed by atoms with E-state index in [0.29, 0.717) is 6.04 Å². The second-order valence-corrected chi connectivity index (χ2v) is 5.31. The molecule has 3 heteroatoms. The van der Waals surface area contributed by atoms with Crippen LogP contribution < -0.4 is 5.73 Å².